The molecule has 2 aromatic carbocycles. The molecule has 1 N–H and O–H groups in total. The fraction of sp³-hybridized carbons (Fsp3) is 0.500. The molecule has 0 aromatic heterocycles. The Hall–Kier alpha value is -1.97. The molecule has 188 valence electrons. The summed E-state index contributed by atoms with van der Waals surface area (Å²) < 4.78 is 68.7. The van der Waals surface area contributed by atoms with Crippen LogP contribution in [0.25, 0.3) is 0 Å². The van der Waals surface area contributed by atoms with Gasteiger partial charge in [-0.15, -0.1) is 25.6 Å². The molecule has 1 fully saturated rings. The number of nitrogens with zero attached hydrogens (tertiary/aromatic N) is 1. The normalized spacial score (nSPS) is 17.9. The number of nitrogens with one attached hydrogen (secondary N) is 1. The number of halogens is 4. The summed E-state index contributed by atoms with van der Waals surface area (Å²) in [6.07, 6.45) is 3.63. The van der Waals surface area contributed by atoms with Crippen molar-refractivity contribution in [3.8, 4) is 5.75 Å². The molecule has 2 aromatic rings. The van der Waals surface area contributed by atoms with Gasteiger partial charge >= 0.3 is 6.36 Å². The van der Waals surface area contributed by atoms with Crippen LogP contribution in [0.5, 0.6) is 5.75 Å². The molecule has 1 aliphatic heterocycles. The van der Waals surface area contributed by atoms with E-state index >= 15 is 0 Å². The van der Waals surface area contributed by atoms with Gasteiger partial charge < -0.3 is 9.64 Å². The summed E-state index contributed by atoms with van der Waals surface area (Å²) in [5, 5.41) is 0. The Morgan fingerprint density at radius 2 is 1.59 bits per heavy atom. The summed E-state index contributed by atoms with van der Waals surface area (Å²) in [6, 6.07) is 9.75. The molecule has 0 unspecified atom stereocenters. The SMILES string of the molecule is Cl.O=S(=O)(Nc1ccc2c(c1)CCN(CC1CCCCC1)CC2)c1ccc(OC(F)(F)F)cc1. The average Bonchev–Trinajstić information content (AvgIpc) is 2.95. The Labute approximate surface area is 205 Å². The molecule has 0 amide bonds. The number of rotatable bonds is 6. The van der Waals surface area contributed by atoms with Crippen molar-refractivity contribution in [2.24, 2.45) is 5.92 Å². The van der Waals surface area contributed by atoms with E-state index in [1.54, 1.807) is 6.07 Å². The highest BCUT2D eigenvalue weighted by Crippen LogP contribution is 2.28. The number of hydrogen-bond donors (Lipinski definition) is 1. The average molecular weight is 519 g/mol. The molecular formula is C24H30ClF3N2O3S. The van der Waals surface area contributed by atoms with Crippen LogP contribution in [0.3, 0.4) is 0 Å². The molecule has 34 heavy (non-hydrogen) atoms. The lowest BCUT2D eigenvalue weighted by molar-refractivity contribution is -0.274. The zero-order valence-electron chi connectivity index (χ0n) is 18.8. The molecule has 0 radical (unpaired) electrons. The van der Waals surface area contributed by atoms with E-state index in [-0.39, 0.29) is 17.3 Å². The van der Waals surface area contributed by atoms with E-state index in [0.29, 0.717) is 5.69 Å². The van der Waals surface area contributed by atoms with Crippen molar-refractivity contribution in [3.05, 3.63) is 53.6 Å². The Balaban J connectivity index is 0.00000324. The summed E-state index contributed by atoms with van der Waals surface area (Å²) in [6.45, 7) is 3.11. The Bertz CT molecular complexity index is 1060. The van der Waals surface area contributed by atoms with Crippen LogP contribution in [0.2, 0.25) is 0 Å². The third kappa shape index (κ3) is 7.26. The molecule has 1 heterocycles. The van der Waals surface area contributed by atoms with Crippen molar-refractivity contribution in [3.63, 3.8) is 0 Å². The lowest BCUT2D eigenvalue weighted by atomic mass is 9.89. The van der Waals surface area contributed by atoms with Gasteiger partial charge in [0.05, 0.1) is 4.90 Å². The summed E-state index contributed by atoms with van der Waals surface area (Å²) in [5.74, 6) is 0.319. The topological polar surface area (TPSA) is 58.6 Å². The molecule has 0 bridgehead atoms. The van der Waals surface area contributed by atoms with Crippen LogP contribution in [0.15, 0.2) is 47.4 Å². The summed E-state index contributed by atoms with van der Waals surface area (Å²) in [4.78, 5) is 2.40. The van der Waals surface area contributed by atoms with Crippen molar-refractivity contribution in [1.29, 1.82) is 0 Å². The lowest BCUT2D eigenvalue weighted by Crippen LogP contribution is -2.32. The van der Waals surface area contributed by atoms with Gasteiger partial charge in [0.1, 0.15) is 5.75 Å². The number of anilines is 1. The maximum atomic E-state index is 12.7. The fourth-order valence-electron chi connectivity index (χ4n) is 4.79. The fourth-order valence-corrected chi connectivity index (χ4v) is 5.84. The van der Waals surface area contributed by atoms with Crippen LogP contribution in [0.4, 0.5) is 18.9 Å². The van der Waals surface area contributed by atoms with Crippen molar-refractivity contribution in [2.45, 2.75) is 56.2 Å². The first-order chi connectivity index (χ1) is 15.7. The second-order valence-electron chi connectivity index (χ2n) is 8.91. The smallest absolute Gasteiger partial charge is 0.406 e. The van der Waals surface area contributed by atoms with E-state index < -0.39 is 22.1 Å². The highest BCUT2D eigenvalue weighted by Gasteiger charge is 2.31. The predicted octanol–water partition coefficient (Wildman–Crippen LogP) is 5.79. The van der Waals surface area contributed by atoms with E-state index in [4.69, 9.17) is 0 Å². The van der Waals surface area contributed by atoms with Crippen LogP contribution in [0.1, 0.15) is 43.2 Å². The first-order valence-corrected chi connectivity index (χ1v) is 12.9. The second-order valence-corrected chi connectivity index (χ2v) is 10.6. The summed E-state index contributed by atoms with van der Waals surface area (Å²) in [7, 11) is -3.94. The summed E-state index contributed by atoms with van der Waals surface area (Å²) in [5.41, 5.74) is 2.82. The molecular weight excluding hydrogens is 489 g/mol. The minimum atomic E-state index is -4.83. The van der Waals surface area contributed by atoms with Crippen LogP contribution in [0, 0.1) is 5.92 Å². The molecule has 4 rings (SSSR count). The van der Waals surface area contributed by atoms with Gasteiger partial charge in [-0.2, -0.15) is 0 Å². The van der Waals surface area contributed by atoms with Crippen LogP contribution in [-0.2, 0) is 22.9 Å². The molecule has 5 nitrogen and oxygen atoms in total. The number of alkyl halides is 3. The van der Waals surface area contributed by atoms with E-state index in [0.717, 1.165) is 68.2 Å². The third-order valence-electron chi connectivity index (χ3n) is 6.46. The van der Waals surface area contributed by atoms with Crippen molar-refractivity contribution >= 4 is 28.1 Å². The van der Waals surface area contributed by atoms with Gasteiger partial charge in [0.2, 0.25) is 0 Å². The summed E-state index contributed by atoms with van der Waals surface area (Å²) >= 11 is 0. The number of sulfonamides is 1. The number of hydrogen-bond acceptors (Lipinski definition) is 4. The lowest BCUT2D eigenvalue weighted by Gasteiger charge is -2.28. The minimum Gasteiger partial charge on any atom is -0.406 e. The third-order valence-corrected chi connectivity index (χ3v) is 7.86. The zero-order valence-corrected chi connectivity index (χ0v) is 20.4. The van der Waals surface area contributed by atoms with Crippen LogP contribution >= 0.6 is 12.4 Å². The first kappa shape index (κ1) is 26.6. The van der Waals surface area contributed by atoms with E-state index in [2.05, 4.69) is 14.4 Å². The Morgan fingerprint density at radius 3 is 2.24 bits per heavy atom. The number of fused-ring (bicyclic) bond motifs is 1. The highest BCUT2D eigenvalue weighted by molar-refractivity contribution is 7.92. The highest BCUT2D eigenvalue weighted by atomic mass is 35.5. The van der Waals surface area contributed by atoms with E-state index in [9.17, 15) is 21.6 Å². The molecule has 1 saturated carbocycles. The van der Waals surface area contributed by atoms with Gasteiger partial charge in [-0.25, -0.2) is 8.42 Å². The van der Waals surface area contributed by atoms with Crippen LogP contribution in [-0.4, -0.2) is 39.3 Å². The maximum Gasteiger partial charge on any atom is 0.573 e. The molecule has 2 aliphatic rings. The maximum absolute atomic E-state index is 12.7. The van der Waals surface area contributed by atoms with E-state index in [1.807, 2.05) is 12.1 Å². The van der Waals surface area contributed by atoms with Gasteiger partial charge in [0.25, 0.3) is 10.0 Å². The predicted molar refractivity (Wildman–Crippen MR) is 128 cm³/mol. The van der Waals surface area contributed by atoms with Gasteiger partial charge in [-0.3, -0.25) is 4.72 Å². The monoisotopic (exact) mass is 518 g/mol. The molecule has 0 spiro atoms. The van der Waals surface area contributed by atoms with Gasteiger partial charge in [-0.1, -0.05) is 25.3 Å². The molecule has 1 aliphatic carbocycles. The largest absolute Gasteiger partial charge is 0.573 e. The minimum absolute atomic E-state index is 0. The van der Waals surface area contributed by atoms with Crippen molar-refractivity contribution in [2.75, 3.05) is 24.4 Å². The van der Waals surface area contributed by atoms with E-state index in [1.165, 1.54) is 37.7 Å². The zero-order chi connectivity index (χ0) is 23.5. The van der Waals surface area contributed by atoms with Gasteiger partial charge in [0.15, 0.2) is 0 Å². The van der Waals surface area contributed by atoms with Crippen molar-refractivity contribution < 1.29 is 26.3 Å². The number of ether oxygens (including phenoxy) is 1. The Morgan fingerprint density at radius 1 is 0.941 bits per heavy atom. The first-order valence-electron chi connectivity index (χ1n) is 11.4. The standard InChI is InChI=1S/C24H29F3N2O3S.ClH/c25-24(26,27)32-22-8-10-23(11-9-22)33(30,31)28-21-7-6-19-12-14-29(15-13-20(19)16-21)17-18-4-2-1-3-5-18;/h6-11,16,18,28H,1-5,12-15,17H2;1H. The molecule has 0 saturated heterocycles. The van der Waals surface area contributed by atoms with Gasteiger partial charge in [-0.05, 0) is 79.1 Å². The molecule has 10 heteroatoms. The van der Waals surface area contributed by atoms with Crippen molar-refractivity contribution in [1.82, 2.24) is 4.90 Å². The van der Waals surface area contributed by atoms with Crippen LogP contribution < -0.4 is 9.46 Å². The van der Waals surface area contributed by atoms with Gasteiger partial charge in [0, 0.05) is 25.3 Å². The quantitative estimate of drug-likeness (QED) is 0.526. The second kappa shape index (κ2) is 11.2. The Kier molecular flexibility index (Phi) is 8.76. The molecule has 0 atom stereocenters. The number of benzene rings is 2.